The summed E-state index contributed by atoms with van der Waals surface area (Å²) < 4.78 is 83.9. The van der Waals surface area contributed by atoms with Crippen molar-refractivity contribution in [1.82, 2.24) is 14.9 Å². The number of carbonyl (C=O) groups is 1. The first-order valence-corrected chi connectivity index (χ1v) is 10.6. The zero-order valence-electron chi connectivity index (χ0n) is 18.7. The van der Waals surface area contributed by atoms with Gasteiger partial charge >= 0.3 is 12.7 Å². The van der Waals surface area contributed by atoms with Crippen molar-refractivity contribution in [2.45, 2.75) is 19.3 Å². The molecule has 0 aliphatic carbocycles. The van der Waals surface area contributed by atoms with Crippen LogP contribution in [-0.4, -0.2) is 28.2 Å². The molecule has 0 saturated heterocycles. The van der Waals surface area contributed by atoms with E-state index in [2.05, 4.69) is 19.8 Å². The van der Waals surface area contributed by atoms with Crippen LogP contribution in [-0.2, 0) is 6.54 Å². The number of amides is 1. The molecule has 6 nitrogen and oxygen atoms in total. The SMILES string of the molecule is O=C(NCc1ccc(OC(F)(F)F)cc1)c1cncn1-c1cccc(-c2cccc(OC(F)(F)F)c2)c1. The van der Waals surface area contributed by atoms with E-state index in [4.69, 9.17) is 0 Å². The summed E-state index contributed by atoms with van der Waals surface area (Å²) in [5.74, 6) is -1.24. The molecule has 1 amide bonds. The Morgan fingerprint density at radius 3 is 2.11 bits per heavy atom. The van der Waals surface area contributed by atoms with Gasteiger partial charge < -0.3 is 14.8 Å². The lowest BCUT2D eigenvalue weighted by Crippen LogP contribution is -2.25. The molecule has 192 valence electrons. The summed E-state index contributed by atoms with van der Waals surface area (Å²) in [7, 11) is 0. The average Bonchev–Trinajstić information content (AvgIpc) is 3.32. The number of alkyl halides is 6. The minimum absolute atomic E-state index is 0.0301. The fourth-order valence-electron chi connectivity index (χ4n) is 3.46. The number of hydrogen-bond acceptors (Lipinski definition) is 4. The third-order valence-corrected chi connectivity index (χ3v) is 5.01. The van der Waals surface area contributed by atoms with E-state index in [0.717, 1.165) is 12.1 Å². The summed E-state index contributed by atoms with van der Waals surface area (Å²) >= 11 is 0. The summed E-state index contributed by atoms with van der Waals surface area (Å²) in [4.78, 5) is 16.8. The van der Waals surface area contributed by atoms with E-state index in [1.54, 1.807) is 30.3 Å². The van der Waals surface area contributed by atoms with Crippen LogP contribution in [0.4, 0.5) is 26.3 Å². The third-order valence-electron chi connectivity index (χ3n) is 5.01. The topological polar surface area (TPSA) is 65.4 Å². The average molecular weight is 521 g/mol. The van der Waals surface area contributed by atoms with Crippen LogP contribution in [0.25, 0.3) is 16.8 Å². The van der Waals surface area contributed by atoms with E-state index >= 15 is 0 Å². The number of hydrogen-bond donors (Lipinski definition) is 1. The summed E-state index contributed by atoms with van der Waals surface area (Å²) in [5.41, 5.74) is 2.27. The molecule has 3 aromatic carbocycles. The van der Waals surface area contributed by atoms with E-state index in [0.29, 0.717) is 22.4 Å². The van der Waals surface area contributed by atoms with E-state index in [-0.39, 0.29) is 23.7 Å². The molecule has 1 N–H and O–H groups in total. The van der Waals surface area contributed by atoms with Gasteiger partial charge in [0.15, 0.2) is 0 Å². The van der Waals surface area contributed by atoms with Gasteiger partial charge in [-0.15, -0.1) is 26.3 Å². The Balaban J connectivity index is 1.48. The lowest BCUT2D eigenvalue weighted by atomic mass is 10.0. The van der Waals surface area contributed by atoms with Crippen LogP contribution in [0.5, 0.6) is 11.5 Å². The first-order chi connectivity index (χ1) is 17.5. The zero-order chi connectivity index (χ0) is 26.6. The van der Waals surface area contributed by atoms with Crippen molar-refractivity contribution >= 4 is 5.91 Å². The van der Waals surface area contributed by atoms with Crippen molar-refractivity contribution in [3.63, 3.8) is 0 Å². The molecule has 0 fully saturated rings. The van der Waals surface area contributed by atoms with Gasteiger partial charge in [-0.05, 0) is 53.1 Å². The molecule has 0 saturated carbocycles. The highest BCUT2D eigenvalue weighted by Crippen LogP contribution is 2.29. The van der Waals surface area contributed by atoms with Crippen molar-refractivity contribution in [2.75, 3.05) is 0 Å². The van der Waals surface area contributed by atoms with Crippen molar-refractivity contribution in [3.05, 3.63) is 96.6 Å². The highest BCUT2D eigenvalue weighted by molar-refractivity contribution is 5.93. The number of ether oxygens (including phenoxy) is 2. The number of aromatic nitrogens is 2. The van der Waals surface area contributed by atoms with Gasteiger partial charge in [-0.3, -0.25) is 9.36 Å². The molecule has 1 heterocycles. The van der Waals surface area contributed by atoms with E-state index in [1.807, 2.05) is 0 Å². The first-order valence-electron chi connectivity index (χ1n) is 10.6. The fourth-order valence-corrected chi connectivity index (χ4v) is 3.46. The van der Waals surface area contributed by atoms with Crippen LogP contribution in [0.3, 0.4) is 0 Å². The standard InChI is InChI=1S/C25H17F6N3O3/c26-24(27,28)36-20-9-7-16(8-10-20)13-33-23(35)22-14-32-15-34(22)19-5-1-3-17(11-19)18-4-2-6-21(12-18)37-25(29,30)31/h1-12,14-15H,13H2,(H,33,35). The van der Waals surface area contributed by atoms with E-state index in [9.17, 15) is 31.1 Å². The third kappa shape index (κ3) is 7.03. The van der Waals surface area contributed by atoms with Gasteiger partial charge in [-0.1, -0.05) is 36.4 Å². The quantitative estimate of drug-likeness (QED) is 0.292. The van der Waals surface area contributed by atoms with Gasteiger partial charge in [0.1, 0.15) is 17.2 Å². The lowest BCUT2D eigenvalue weighted by molar-refractivity contribution is -0.275. The number of nitrogens with one attached hydrogen (secondary N) is 1. The van der Waals surface area contributed by atoms with Gasteiger partial charge in [-0.25, -0.2) is 4.98 Å². The predicted molar refractivity (Wildman–Crippen MR) is 120 cm³/mol. The predicted octanol–water partition coefficient (Wildman–Crippen LogP) is 6.27. The molecule has 0 unspecified atom stereocenters. The maximum Gasteiger partial charge on any atom is 0.573 e. The van der Waals surface area contributed by atoms with Crippen LogP contribution < -0.4 is 14.8 Å². The Morgan fingerprint density at radius 1 is 0.811 bits per heavy atom. The van der Waals surface area contributed by atoms with Crippen LogP contribution >= 0.6 is 0 Å². The second-order valence-electron chi connectivity index (χ2n) is 7.65. The van der Waals surface area contributed by atoms with Gasteiger partial charge in [-0.2, -0.15) is 0 Å². The second kappa shape index (κ2) is 10.2. The Morgan fingerprint density at radius 2 is 1.43 bits per heavy atom. The van der Waals surface area contributed by atoms with E-state index < -0.39 is 18.6 Å². The highest BCUT2D eigenvalue weighted by Gasteiger charge is 2.31. The maximum absolute atomic E-state index is 12.8. The number of rotatable bonds is 7. The fraction of sp³-hybridized carbons (Fsp3) is 0.120. The van der Waals surface area contributed by atoms with Crippen LogP contribution in [0, 0.1) is 0 Å². The van der Waals surface area contributed by atoms with Crippen LogP contribution in [0.15, 0.2) is 85.3 Å². The molecule has 0 aliphatic heterocycles. The van der Waals surface area contributed by atoms with Gasteiger partial charge in [0.2, 0.25) is 0 Å². The summed E-state index contributed by atoms with van der Waals surface area (Å²) in [6, 6.07) is 17.3. The van der Waals surface area contributed by atoms with Gasteiger partial charge in [0.05, 0.1) is 12.5 Å². The number of nitrogens with zero attached hydrogens (tertiary/aromatic N) is 2. The minimum atomic E-state index is -4.82. The number of carbonyl (C=O) groups excluding carboxylic acids is 1. The molecule has 0 spiro atoms. The summed E-state index contributed by atoms with van der Waals surface area (Å²) in [5, 5.41) is 2.67. The van der Waals surface area contributed by atoms with Crippen molar-refractivity contribution in [2.24, 2.45) is 0 Å². The smallest absolute Gasteiger partial charge is 0.406 e. The lowest BCUT2D eigenvalue weighted by Gasteiger charge is -2.12. The molecule has 12 heteroatoms. The summed E-state index contributed by atoms with van der Waals surface area (Å²) in [6.45, 7) is 0.0301. The zero-order valence-corrected chi connectivity index (χ0v) is 18.7. The Bertz CT molecular complexity index is 1380. The van der Waals surface area contributed by atoms with Crippen molar-refractivity contribution in [3.8, 4) is 28.3 Å². The Labute approximate surface area is 206 Å². The molecule has 37 heavy (non-hydrogen) atoms. The van der Waals surface area contributed by atoms with Gasteiger partial charge in [0.25, 0.3) is 5.91 Å². The molecular weight excluding hydrogens is 504 g/mol. The molecule has 0 radical (unpaired) electrons. The Hall–Kier alpha value is -4.48. The molecule has 4 aromatic rings. The largest absolute Gasteiger partial charge is 0.573 e. The number of benzene rings is 3. The highest BCUT2D eigenvalue weighted by atomic mass is 19.4. The normalized spacial score (nSPS) is 11.7. The van der Waals surface area contributed by atoms with Crippen LogP contribution in [0.1, 0.15) is 16.1 Å². The molecular formula is C25H17F6N3O3. The summed E-state index contributed by atoms with van der Waals surface area (Å²) in [6.07, 6.45) is -6.88. The monoisotopic (exact) mass is 521 g/mol. The van der Waals surface area contributed by atoms with Gasteiger partial charge in [0, 0.05) is 12.2 Å². The molecule has 0 bridgehead atoms. The van der Waals surface area contributed by atoms with E-state index in [1.165, 1.54) is 47.4 Å². The molecule has 4 rings (SSSR count). The number of halogens is 6. The molecule has 0 atom stereocenters. The second-order valence-corrected chi connectivity index (χ2v) is 7.65. The van der Waals surface area contributed by atoms with Crippen molar-refractivity contribution < 1.29 is 40.6 Å². The minimum Gasteiger partial charge on any atom is -0.406 e. The van der Waals surface area contributed by atoms with Crippen LogP contribution in [0.2, 0.25) is 0 Å². The molecule has 1 aromatic heterocycles. The number of imidazole rings is 1. The first kappa shape index (κ1) is 25.6. The molecule has 0 aliphatic rings. The maximum atomic E-state index is 12.8. The Kier molecular flexibility index (Phi) is 7.09. The van der Waals surface area contributed by atoms with Crippen molar-refractivity contribution in [1.29, 1.82) is 0 Å².